The van der Waals surface area contributed by atoms with E-state index in [0.29, 0.717) is 19.8 Å². The average molecular weight is 183 g/mol. The van der Waals surface area contributed by atoms with Crippen molar-refractivity contribution in [2.24, 2.45) is 0 Å². The SMILES string of the molecule is C#CC(CC)NCC1COCCO1. The van der Waals surface area contributed by atoms with Crippen LogP contribution >= 0.6 is 0 Å². The first-order valence-electron chi connectivity index (χ1n) is 4.75. The quantitative estimate of drug-likeness (QED) is 0.640. The molecule has 0 aromatic heterocycles. The number of hydrogen-bond donors (Lipinski definition) is 1. The molecule has 74 valence electrons. The Bertz CT molecular complexity index is 170. The van der Waals surface area contributed by atoms with Gasteiger partial charge in [-0.25, -0.2) is 0 Å². The number of hydrogen-bond acceptors (Lipinski definition) is 3. The van der Waals surface area contributed by atoms with E-state index in [9.17, 15) is 0 Å². The molecule has 3 nitrogen and oxygen atoms in total. The van der Waals surface area contributed by atoms with E-state index in [1.54, 1.807) is 0 Å². The van der Waals surface area contributed by atoms with Gasteiger partial charge >= 0.3 is 0 Å². The molecule has 1 heterocycles. The highest BCUT2D eigenvalue weighted by atomic mass is 16.6. The monoisotopic (exact) mass is 183 g/mol. The standard InChI is InChI=1S/C10H17NO2/c1-3-9(4-2)11-7-10-8-12-5-6-13-10/h1,9-11H,4-8H2,2H3. The molecule has 13 heavy (non-hydrogen) atoms. The summed E-state index contributed by atoms with van der Waals surface area (Å²) >= 11 is 0. The molecule has 0 amide bonds. The fourth-order valence-electron chi connectivity index (χ4n) is 1.25. The highest BCUT2D eigenvalue weighted by Gasteiger charge is 2.14. The van der Waals surface area contributed by atoms with Crippen molar-refractivity contribution in [2.75, 3.05) is 26.4 Å². The maximum absolute atomic E-state index is 5.46. The predicted molar refractivity (Wildman–Crippen MR) is 51.5 cm³/mol. The van der Waals surface area contributed by atoms with Gasteiger partial charge < -0.3 is 14.8 Å². The smallest absolute Gasteiger partial charge is 0.0934 e. The summed E-state index contributed by atoms with van der Waals surface area (Å²) in [5, 5.41) is 3.25. The maximum Gasteiger partial charge on any atom is 0.0934 e. The molecule has 0 bridgehead atoms. The lowest BCUT2D eigenvalue weighted by atomic mass is 10.2. The highest BCUT2D eigenvalue weighted by Crippen LogP contribution is 1.99. The first kappa shape index (κ1) is 10.5. The molecule has 2 atom stereocenters. The lowest BCUT2D eigenvalue weighted by Crippen LogP contribution is -2.40. The van der Waals surface area contributed by atoms with Crippen LogP contribution in [0.3, 0.4) is 0 Å². The van der Waals surface area contributed by atoms with Crippen molar-refractivity contribution in [1.82, 2.24) is 5.32 Å². The van der Waals surface area contributed by atoms with E-state index in [1.807, 2.05) is 0 Å². The van der Waals surface area contributed by atoms with Crippen molar-refractivity contribution in [3.05, 3.63) is 0 Å². The zero-order valence-electron chi connectivity index (χ0n) is 8.08. The second-order valence-electron chi connectivity index (χ2n) is 3.10. The van der Waals surface area contributed by atoms with Crippen LogP contribution in [0, 0.1) is 12.3 Å². The maximum atomic E-state index is 5.46. The molecular weight excluding hydrogens is 166 g/mol. The molecule has 0 spiro atoms. The molecule has 0 saturated carbocycles. The Kier molecular flexibility index (Phi) is 4.84. The van der Waals surface area contributed by atoms with Crippen molar-refractivity contribution >= 4 is 0 Å². The summed E-state index contributed by atoms with van der Waals surface area (Å²) < 4.78 is 10.7. The van der Waals surface area contributed by atoms with Gasteiger partial charge in [-0.05, 0) is 6.42 Å². The zero-order chi connectivity index (χ0) is 9.52. The third-order valence-electron chi connectivity index (χ3n) is 2.09. The number of nitrogens with one attached hydrogen (secondary N) is 1. The minimum absolute atomic E-state index is 0.158. The normalized spacial score (nSPS) is 25.1. The summed E-state index contributed by atoms with van der Waals surface area (Å²) in [6, 6.07) is 0.158. The molecule has 1 saturated heterocycles. The van der Waals surface area contributed by atoms with Crippen LogP contribution in [0.25, 0.3) is 0 Å². The summed E-state index contributed by atoms with van der Waals surface area (Å²) in [6.07, 6.45) is 6.43. The lowest BCUT2D eigenvalue weighted by molar-refractivity contribution is -0.0867. The molecule has 1 rings (SSSR count). The molecule has 1 aliphatic heterocycles. The number of ether oxygens (including phenoxy) is 2. The fourth-order valence-corrected chi connectivity index (χ4v) is 1.25. The summed E-state index contributed by atoms with van der Waals surface area (Å²) in [6.45, 7) is 4.93. The Morgan fingerprint density at radius 1 is 1.62 bits per heavy atom. The number of rotatable bonds is 4. The van der Waals surface area contributed by atoms with Crippen LogP contribution in [0.2, 0.25) is 0 Å². The van der Waals surface area contributed by atoms with Crippen LogP contribution in [-0.2, 0) is 9.47 Å². The highest BCUT2D eigenvalue weighted by molar-refractivity contribution is 4.98. The second-order valence-corrected chi connectivity index (χ2v) is 3.10. The fraction of sp³-hybridized carbons (Fsp3) is 0.800. The first-order chi connectivity index (χ1) is 6.36. The van der Waals surface area contributed by atoms with Crippen molar-refractivity contribution < 1.29 is 9.47 Å². The van der Waals surface area contributed by atoms with E-state index in [4.69, 9.17) is 15.9 Å². The molecule has 1 aliphatic rings. The van der Waals surface area contributed by atoms with Gasteiger partial charge in [0.25, 0.3) is 0 Å². The molecule has 0 aliphatic carbocycles. The molecule has 2 unspecified atom stereocenters. The Morgan fingerprint density at radius 2 is 2.46 bits per heavy atom. The van der Waals surface area contributed by atoms with E-state index in [0.717, 1.165) is 13.0 Å². The van der Waals surface area contributed by atoms with Gasteiger partial charge in [-0.2, -0.15) is 0 Å². The van der Waals surface area contributed by atoms with Gasteiger partial charge in [0.1, 0.15) is 0 Å². The van der Waals surface area contributed by atoms with Crippen LogP contribution in [0.4, 0.5) is 0 Å². The van der Waals surface area contributed by atoms with Crippen LogP contribution < -0.4 is 5.32 Å². The van der Waals surface area contributed by atoms with Crippen molar-refractivity contribution in [3.63, 3.8) is 0 Å². The van der Waals surface area contributed by atoms with Crippen molar-refractivity contribution in [2.45, 2.75) is 25.5 Å². The summed E-state index contributed by atoms with van der Waals surface area (Å²) in [5.74, 6) is 2.68. The van der Waals surface area contributed by atoms with Gasteiger partial charge in [0.05, 0.1) is 32.0 Å². The first-order valence-corrected chi connectivity index (χ1v) is 4.75. The molecule has 3 heteroatoms. The van der Waals surface area contributed by atoms with Crippen LogP contribution in [-0.4, -0.2) is 38.5 Å². The van der Waals surface area contributed by atoms with Gasteiger partial charge in [0, 0.05) is 6.54 Å². The van der Waals surface area contributed by atoms with Gasteiger partial charge in [-0.15, -0.1) is 6.42 Å². The summed E-state index contributed by atoms with van der Waals surface area (Å²) in [5.41, 5.74) is 0. The minimum atomic E-state index is 0.158. The van der Waals surface area contributed by atoms with Gasteiger partial charge in [-0.3, -0.25) is 0 Å². The third-order valence-corrected chi connectivity index (χ3v) is 2.09. The molecule has 0 aromatic carbocycles. The van der Waals surface area contributed by atoms with E-state index >= 15 is 0 Å². The molecule has 0 radical (unpaired) electrons. The van der Waals surface area contributed by atoms with Crippen molar-refractivity contribution in [1.29, 1.82) is 0 Å². The van der Waals surface area contributed by atoms with E-state index in [2.05, 4.69) is 18.2 Å². The Balaban J connectivity index is 2.13. The summed E-state index contributed by atoms with van der Waals surface area (Å²) in [4.78, 5) is 0. The predicted octanol–water partition coefficient (Wildman–Crippen LogP) is 0.403. The topological polar surface area (TPSA) is 30.5 Å². The van der Waals surface area contributed by atoms with Gasteiger partial charge in [0.2, 0.25) is 0 Å². The van der Waals surface area contributed by atoms with E-state index in [-0.39, 0.29) is 12.1 Å². The Labute approximate surface area is 79.8 Å². The van der Waals surface area contributed by atoms with Crippen LogP contribution in [0.15, 0.2) is 0 Å². The zero-order valence-corrected chi connectivity index (χ0v) is 8.08. The number of terminal acetylenes is 1. The Hall–Kier alpha value is -0.560. The van der Waals surface area contributed by atoms with Crippen LogP contribution in [0.5, 0.6) is 0 Å². The summed E-state index contributed by atoms with van der Waals surface area (Å²) in [7, 11) is 0. The van der Waals surface area contributed by atoms with Gasteiger partial charge in [-0.1, -0.05) is 12.8 Å². The molecule has 1 N–H and O–H groups in total. The Morgan fingerprint density at radius 3 is 3.00 bits per heavy atom. The second kappa shape index (κ2) is 5.98. The molecule has 1 fully saturated rings. The third kappa shape index (κ3) is 3.77. The van der Waals surface area contributed by atoms with Gasteiger partial charge in [0.15, 0.2) is 0 Å². The van der Waals surface area contributed by atoms with Crippen LogP contribution in [0.1, 0.15) is 13.3 Å². The molecular formula is C10H17NO2. The average Bonchev–Trinajstić information content (AvgIpc) is 2.21. The minimum Gasteiger partial charge on any atom is -0.376 e. The lowest BCUT2D eigenvalue weighted by Gasteiger charge is -2.24. The van der Waals surface area contributed by atoms with E-state index in [1.165, 1.54) is 0 Å². The van der Waals surface area contributed by atoms with E-state index < -0.39 is 0 Å². The van der Waals surface area contributed by atoms with Crippen molar-refractivity contribution in [3.8, 4) is 12.3 Å². The molecule has 0 aromatic rings. The largest absolute Gasteiger partial charge is 0.376 e.